The molecule has 0 amide bonds. The van der Waals surface area contributed by atoms with Crippen LogP contribution in [0.1, 0.15) is 26.3 Å². The lowest BCUT2D eigenvalue weighted by Gasteiger charge is -2.08. The number of aliphatic hydroxyl groups is 1. The summed E-state index contributed by atoms with van der Waals surface area (Å²) in [5.74, 6) is -1.77. The van der Waals surface area contributed by atoms with E-state index >= 15 is 0 Å². The molecule has 1 aromatic carbocycles. The third kappa shape index (κ3) is 2.86. The first-order valence-electron chi connectivity index (χ1n) is 5.05. The number of rotatable bonds is 4. The molecule has 0 aliphatic carbocycles. The zero-order valence-corrected chi connectivity index (χ0v) is 10.2. The predicted molar refractivity (Wildman–Crippen MR) is 61.7 cm³/mol. The summed E-state index contributed by atoms with van der Waals surface area (Å²) in [7, 11) is 2.18. The molecule has 0 aliphatic heterocycles. The van der Waals surface area contributed by atoms with E-state index < -0.39 is 29.2 Å². The van der Waals surface area contributed by atoms with E-state index in [1.165, 1.54) is 0 Å². The number of hydrogen-bond acceptors (Lipinski definition) is 7. The summed E-state index contributed by atoms with van der Waals surface area (Å²) in [6, 6.07) is 1.92. The molecule has 0 radical (unpaired) electrons. The van der Waals surface area contributed by atoms with Crippen LogP contribution in [0.5, 0.6) is 0 Å². The van der Waals surface area contributed by atoms with E-state index in [0.717, 1.165) is 26.4 Å². The SMILES string of the molecule is COC(=O)c1cc(CO)c([N+](=O)[O-])cc1C(=O)OC. The number of nitrogens with zero attached hydrogens (tertiary/aromatic N) is 1. The van der Waals surface area contributed by atoms with Crippen LogP contribution in [0.2, 0.25) is 0 Å². The van der Waals surface area contributed by atoms with Crippen molar-refractivity contribution in [2.75, 3.05) is 14.2 Å². The number of benzene rings is 1. The third-order valence-corrected chi connectivity index (χ3v) is 2.40. The van der Waals surface area contributed by atoms with Crippen molar-refractivity contribution in [2.45, 2.75) is 6.61 Å². The molecular weight excluding hydrogens is 258 g/mol. The van der Waals surface area contributed by atoms with Gasteiger partial charge in [0.15, 0.2) is 0 Å². The zero-order chi connectivity index (χ0) is 14.6. The number of ether oxygens (including phenoxy) is 2. The summed E-state index contributed by atoms with van der Waals surface area (Å²) in [6.07, 6.45) is 0. The van der Waals surface area contributed by atoms with Gasteiger partial charge in [-0.15, -0.1) is 0 Å². The fourth-order valence-corrected chi connectivity index (χ4v) is 1.49. The lowest BCUT2D eigenvalue weighted by atomic mass is 10.0. The molecule has 0 aromatic heterocycles. The van der Waals surface area contributed by atoms with Gasteiger partial charge >= 0.3 is 11.9 Å². The second-order valence-electron chi connectivity index (χ2n) is 3.42. The molecule has 0 heterocycles. The van der Waals surface area contributed by atoms with Gasteiger partial charge in [0, 0.05) is 6.07 Å². The Labute approximate surface area is 107 Å². The molecule has 8 heteroatoms. The van der Waals surface area contributed by atoms with Crippen molar-refractivity contribution in [1.82, 2.24) is 0 Å². The van der Waals surface area contributed by atoms with Crippen LogP contribution >= 0.6 is 0 Å². The van der Waals surface area contributed by atoms with Crippen LogP contribution in [0.15, 0.2) is 12.1 Å². The van der Waals surface area contributed by atoms with Gasteiger partial charge in [-0.05, 0) is 6.07 Å². The Morgan fingerprint density at radius 2 is 1.68 bits per heavy atom. The zero-order valence-electron chi connectivity index (χ0n) is 10.2. The molecule has 1 aromatic rings. The molecule has 1 rings (SSSR count). The highest BCUT2D eigenvalue weighted by atomic mass is 16.6. The maximum atomic E-state index is 11.5. The molecule has 8 nitrogen and oxygen atoms in total. The van der Waals surface area contributed by atoms with Gasteiger partial charge in [0.05, 0.1) is 42.4 Å². The first-order chi connectivity index (χ1) is 8.96. The second-order valence-corrected chi connectivity index (χ2v) is 3.42. The summed E-state index contributed by atoms with van der Waals surface area (Å²) in [6.45, 7) is -0.651. The number of aliphatic hydroxyl groups excluding tert-OH is 1. The monoisotopic (exact) mass is 269 g/mol. The van der Waals surface area contributed by atoms with Gasteiger partial charge in [-0.1, -0.05) is 0 Å². The maximum Gasteiger partial charge on any atom is 0.338 e. The summed E-state index contributed by atoms with van der Waals surface area (Å²) >= 11 is 0. The highest BCUT2D eigenvalue weighted by molar-refractivity contribution is 6.03. The van der Waals surface area contributed by atoms with Crippen LogP contribution in [0.25, 0.3) is 0 Å². The molecule has 0 bridgehead atoms. The Morgan fingerprint density at radius 1 is 1.21 bits per heavy atom. The topological polar surface area (TPSA) is 116 Å². The number of nitro benzene ring substituents is 1. The van der Waals surface area contributed by atoms with Crippen molar-refractivity contribution in [3.05, 3.63) is 38.9 Å². The minimum Gasteiger partial charge on any atom is -0.465 e. The van der Waals surface area contributed by atoms with E-state index in [2.05, 4.69) is 9.47 Å². The summed E-state index contributed by atoms with van der Waals surface area (Å²) in [5, 5.41) is 19.9. The molecule has 1 N–H and O–H groups in total. The van der Waals surface area contributed by atoms with Gasteiger partial charge in [0.2, 0.25) is 0 Å². The van der Waals surface area contributed by atoms with Gasteiger partial charge in [-0.2, -0.15) is 0 Å². The predicted octanol–water partition coefficient (Wildman–Crippen LogP) is 0.660. The van der Waals surface area contributed by atoms with Crippen LogP contribution in [0.4, 0.5) is 5.69 Å². The molecule has 0 aliphatic rings. The van der Waals surface area contributed by atoms with E-state index in [9.17, 15) is 19.7 Å². The highest BCUT2D eigenvalue weighted by Crippen LogP contribution is 2.25. The fraction of sp³-hybridized carbons (Fsp3) is 0.273. The molecule has 0 atom stereocenters. The first kappa shape index (κ1) is 14.6. The van der Waals surface area contributed by atoms with Crippen molar-refractivity contribution < 1.29 is 29.1 Å². The number of esters is 2. The summed E-state index contributed by atoms with van der Waals surface area (Å²) < 4.78 is 8.92. The number of carbonyl (C=O) groups is 2. The highest BCUT2D eigenvalue weighted by Gasteiger charge is 2.25. The molecule has 19 heavy (non-hydrogen) atoms. The van der Waals surface area contributed by atoms with Gasteiger partial charge in [-0.3, -0.25) is 10.1 Å². The first-order valence-corrected chi connectivity index (χ1v) is 5.05. The van der Waals surface area contributed by atoms with Crippen molar-refractivity contribution in [3.8, 4) is 0 Å². The Hall–Kier alpha value is -2.48. The molecule has 0 saturated heterocycles. The largest absolute Gasteiger partial charge is 0.465 e. The third-order valence-electron chi connectivity index (χ3n) is 2.40. The molecule has 0 fully saturated rings. The van der Waals surface area contributed by atoms with E-state index in [4.69, 9.17) is 5.11 Å². The second kappa shape index (κ2) is 5.91. The molecule has 102 valence electrons. The van der Waals surface area contributed by atoms with E-state index in [1.807, 2.05) is 0 Å². The fourth-order valence-electron chi connectivity index (χ4n) is 1.49. The van der Waals surface area contributed by atoms with Crippen LogP contribution < -0.4 is 0 Å². The Morgan fingerprint density at radius 3 is 2.05 bits per heavy atom. The molecule has 0 spiro atoms. The summed E-state index contributed by atoms with van der Waals surface area (Å²) in [4.78, 5) is 33.1. The quantitative estimate of drug-likeness (QED) is 0.484. The van der Waals surface area contributed by atoms with Crippen LogP contribution in [0.3, 0.4) is 0 Å². The number of hydrogen-bond donors (Lipinski definition) is 1. The van der Waals surface area contributed by atoms with E-state index in [-0.39, 0.29) is 16.7 Å². The summed E-state index contributed by atoms with van der Waals surface area (Å²) in [5.41, 5.74) is -1.07. The van der Waals surface area contributed by atoms with Crippen molar-refractivity contribution in [2.24, 2.45) is 0 Å². The van der Waals surface area contributed by atoms with Gasteiger partial charge in [0.1, 0.15) is 0 Å². The average Bonchev–Trinajstić information content (AvgIpc) is 2.43. The molecule has 0 saturated carbocycles. The normalized spacial score (nSPS) is 9.84. The Balaban J connectivity index is 3.57. The number of nitro groups is 1. The van der Waals surface area contributed by atoms with E-state index in [1.54, 1.807) is 0 Å². The number of carbonyl (C=O) groups excluding carboxylic acids is 2. The van der Waals surface area contributed by atoms with Gasteiger partial charge in [0.25, 0.3) is 5.69 Å². The van der Waals surface area contributed by atoms with Gasteiger partial charge in [-0.25, -0.2) is 9.59 Å². The molecule has 0 unspecified atom stereocenters. The van der Waals surface area contributed by atoms with Crippen molar-refractivity contribution in [1.29, 1.82) is 0 Å². The standard InChI is InChI=1S/C11H11NO7/c1-18-10(14)7-3-6(5-13)9(12(16)17)4-8(7)11(15)19-2/h3-4,13H,5H2,1-2H3. The Bertz CT molecular complexity index is 538. The van der Waals surface area contributed by atoms with Crippen LogP contribution in [-0.4, -0.2) is 36.2 Å². The lowest BCUT2D eigenvalue weighted by molar-refractivity contribution is -0.385. The van der Waals surface area contributed by atoms with Crippen LogP contribution in [-0.2, 0) is 16.1 Å². The smallest absolute Gasteiger partial charge is 0.338 e. The average molecular weight is 269 g/mol. The van der Waals surface area contributed by atoms with Crippen molar-refractivity contribution >= 4 is 17.6 Å². The van der Waals surface area contributed by atoms with Crippen LogP contribution in [0, 0.1) is 10.1 Å². The number of methoxy groups -OCH3 is 2. The van der Waals surface area contributed by atoms with E-state index in [0.29, 0.717) is 0 Å². The Kier molecular flexibility index (Phi) is 4.54. The molecular formula is C11H11NO7. The van der Waals surface area contributed by atoms with Crippen molar-refractivity contribution in [3.63, 3.8) is 0 Å². The van der Waals surface area contributed by atoms with Gasteiger partial charge < -0.3 is 14.6 Å². The maximum absolute atomic E-state index is 11.5. The minimum absolute atomic E-state index is 0.0990. The lowest BCUT2D eigenvalue weighted by Crippen LogP contribution is -2.13. The minimum atomic E-state index is -0.909.